The normalized spacial score (nSPS) is 29.3. The average Bonchev–Trinajstić information content (AvgIpc) is 3.14. The van der Waals surface area contributed by atoms with Crippen molar-refractivity contribution >= 4 is 11.2 Å². The summed E-state index contributed by atoms with van der Waals surface area (Å²) >= 11 is 0. The molecule has 4 nitrogen and oxygen atoms in total. The third-order valence-corrected chi connectivity index (χ3v) is 5.11. The Hall–Kier alpha value is -1.55. The van der Waals surface area contributed by atoms with Crippen LogP contribution in [-0.2, 0) is 0 Å². The summed E-state index contributed by atoms with van der Waals surface area (Å²) in [6.07, 6.45) is 9.54. The van der Waals surface area contributed by atoms with Gasteiger partial charge in [-0.3, -0.25) is 0 Å². The number of hydrogen-bond acceptors (Lipinski definition) is 3. The van der Waals surface area contributed by atoms with Gasteiger partial charge < -0.3 is 10.2 Å². The van der Waals surface area contributed by atoms with E-state index in [1.165, 1.54) is 42.5 Å². The molecule has 2 aromatic heterocycles. The lowest BCUT2D eigenvalue weighted by atomic mass is 10.2. The predicted octanol–water partition coefficient (Wildman–Crippen LogP) is 2.15. The monoisotopic (exact) mass is 268 g/mol. The maximum Gasteiger partial charge on any atom is 0.0883 e. The summed E-state index contributed by atoms with van der Waals surface area (Å²) < 4.78 is 2.08. The second kappa shape index (κ2) is 3.98. The fourth-order valence-electron chi connectivity index (χ4n) is 3.92. The van der Waals surface area contributed by atoms with Crippen LogP contribution in [-0.4, -0.2) is 34.8 Å². The van der Waals surface area contributed by atoms with Gasteiger partial charge in [0.2, 0.25) is 0 Å². The highest BCUT2D eigenvalue weighted by molar-refractivity contribution is 5.74. The Balaban J connectivity index is 1.57. The number of hydrogen-bond donors (Lipinski definition) is 1. The number of aromatic nitrogens is 2. The van der Waals surface area contributed by atoms with Crippen LogP contribution in [0.25, 0.3) is 5.52 Å². The van der Waals surface area contributed by atoms with Gasteiger partial charge in [-0.25, -0.2) is 4.52 Å². The molecule has 4 heterocycles. The number of rotatable bonds is 2. The highest BCUT2D eigenvalue weighted by Crippen LogP contribution is 2.41. The first-order valence-electron chi connectivity index (χ1n) is 7.85. The maximum absolute atomic E-state index is 4.50. The number of fused-ring (bicyclic) bond motifs is 3. The van der Waals surface area contributed by atoms with Crippen LogP contribution < -0.4 is 10.2 Å². The Bertz CT molecular complexity index is 646. The van der Waals surface area contributed by atoms with Gasteiger partial charge in [-0.1, -0.05) is 0 Å². The Morgan fingerprint density at radius 1 is 1.10 bits per heavy atom. The molecule has 0 radical (unpaired) electrons. The first-order chi connectivity index (χ1) is 9.87. The Morgan fingerprint density at radius 2 is 1.90 bits per heavy atom. The molecule has 4 heteroatoms. The van der Waals surface area contributed by atoms with E-state index in [2.05, 4.69) is 38.2 Å². The van der Waals surface area contributed by atoms with E-state index in [4.69, 9.17) is 0 Å². The number of nitrogens with one attached hydrogen (secondary N) is 1. The van der Waals surface area contributed by atoms with Crippen LogP contribution in [0.15, 0.2) is 24.5 Å². The van der Waals surface area contributed by atoms with Crippen LogP contribution in [0.1, 0.15) is 37.2 Å². The van der Waals surface area contributed by atoms with Crippen molar-refractivity contribution in [3.8, 4) is 0 Å². The van der Waals surface area contributed by atoms with Crippen molar-refractivity contribution in [2.75, 3.05) is 18.0 Å². The van der Waals surface area contributed by atoms with E-state index in [0.29, 0.717) is 12.1 Å². The van der Waals surface area contributed by atoms with Crippen LogP contribution >= 0.6 is 0 Å². The van der Waals surface area contributed by atoms with Gasteiger partial charge in [0.05, 0.1) is 11.2 Å². The number of anilines is 1. The Labute approximate surface area is 118 Å². The molecule has 2 atom stereocenters. The van der Waals surface area contributed by atoms with E-state index >= 15 is 0 Å². The van der Waals surface area contributed by atoms with Crippen LogP contribution in [0, 0.1) is 0 Å². The molecular weight excluding hydrogens is 248 g/mol. The molecule has 5 rings (SSSR count). The minimum atomic E-state index is 0.680. The largest absolute Gasteiger partial charge is 0.367 e. The molecule has 3 fully saturated rings. The summed E-state index contributed by atoms with van der Waals surface area (Å²) in [6, 6.07) is 5.92. The third kappa shape index (κ3) is 1.67. The highest BCUT2D eigenvalue weighted by Gasteiger charge is 2.33. The molecule has 2 aliphatic heterocycles. The fraction of sp³-hybridized carbons (Fsp3) is 0.562. The molecule has 2 saturated heterocycles. The molecule has 2 bridgehead atoms. The maximum atomic E-state index is 4.50. The first kappa shape index (κ1) is 11.1. The second-order valence-corrected chi connectivity index (χ2v) is 6.64. The molecule has 3 aliphatic rings. The molecule has 2 unspecified atom stereocenters. The lowest BCUT2D eigenvalue weighted by Crippen LogP contribution is -2.51. The van der Waals surface area contributed by atoms with E-state index in [1.54, 1.807) is 0 Å². The van der Waals surface area contributed by atoms with E-state index in [1.807, 2.05) is 6.20 Å². The summed E-state index contributed by atoms with van der Waals surface area (Å²) in [5, 5.41) is 8.20. The lowest BCUT2D eigenvalue weighted by molar-refractivity contribution is 0.466. The predicted molar refractivity (Wildman–Crippen MR) is 79.3 cm³/mol. The number of nitrogens with zero attached hydrogens (tertiary/aromatic N) is 3. The van der Waals surface area contributed by atoms with Crippen LogP contribution in [0.3, 0.4) is 0 Å². The molecule has 0 aromatic carbocycles. The minimum Gasteiger partial charge on any atom is -0.367 e. The van der Waals surface area contributed by atoms with E-state index in [0.717, 1.165) is 19.0 Å². The minimum absolute atomic E-state index is 0.680. The summed E-state index contributed by atoms with van der Waals surface area (Å²) in [7, 11) is 0. The van der Waals surface area contributed by atoms with Crippen molar-refractivity contribution in [1.29, 1.82) is 0 Å². The van der Waals surface area contributed by atoms with E-state index in [-0.39, 0.29) is 0 Å². The smallest absolute Gasteiger partial charge is 0.0883 e. The zero-order chi connectivity index (χ0) is 13.1. The topological polar surface area (TPSA) is 32.6 Å². The summed E-state index contributed by atoms with van der Waals surface area (Å²) in [5.41, 5.74) is 4.13. The van der Waals surface area contributed by atoms with Crippen LogP contribution in [0.4, 0.5) is 5.69 Å². The zero-order valence-corrected chi connectivity index (χ0v) is 11.6. The van der Waals surface area contributed by atoms with Gasteiger partial charge in [0.15, 0.2) is 0 Å². The van der Waals surface area contributed by atoms with Gasteiger partial charge in [-0.05, 0) is 49.3 Å². The van der Waals surface area contributed by atoms with Crippen molar-refractivity contribution in [3.05, 3.63) is 30.1 Å². The van der Waals surface area contributed by atoms with E-state index < -0.39 is 0 Å². The average molecular weight is 268 g/mol. The first-order valence-corrected chi connectivity index (χ1v) is 7.85. The lowest BCUT2D eigenvalue weighted by Gasteiger charge is -2.34. The molecular formula is C16H20N4. The van der Waals surface area contributed by atoms with Crippen molar-refractivity contribution in [1.82, 2.24) is 14.9 Å². The molecule has 1 saturated carbocycles. The van der Waals surface area contributed by atoms with Crippen molar-refractivity contribution in [2.45, 2.75) is 43.7 Å². The van der Waals surface area contributed by atoms with E-state index in [9.17, 15) is 0 Å². The van der Waals surface area contributed by atoms with Crippen molar-refractivity contribution in [2.24, 2.45) is 0 Å². The van der Waals surface area contributed by atoms with Gasteiger partial charge in [0.25, 0.3) is 0 Å². The van der Waals surface area contributed by atoms with Gasteiger partial charge in [-0.15, -0.1) is 0 Å². The molecule has 2 aromatic rings. The van der Waals surface area contributed by atoms with Gasteiger partial charge in [0.1, 0.15) is 0 Å². The molecule has 0 spiro atoms. The summed E-state index contributed by atoms with van der Waals surface area (Å²) in [6.45, 7) is 2.28. The molecule has 104 valence electrons. The Morgan fingerprint density at radius 3 is 2.65 bits per heavy atom. The molecule has 1 N–H and O–H groups in total. The molecule has 20 heavy (non-hydrogen) atoms. The SMILES string of the molecule is c1cc(N2CC3CCC(C2)N3)c2cc(C3CC3)cn2n1. The standard InChI is InChI=1S/C16H20N4/c1-2-11(1)12-7-16-15(5-6-17-20(16)8-12)19-9-13-3-4-14(10-19)18-13/h5-8,11,13-14,18H,1-4,9-10H2. The van der Waals surface area contributed by atoms with Crippen molar-refractivity contribution in [3.63, 3.8) is 0 Å². The third-order valence-electron chi connectivity index (χ3n) is 5.11. The van der Waals surface area contributed by atoms with Crippen LogP contribution in [0.5, 0.6) is 0 Å². The molecule has 0 amide bonds. The van der Waals surface area contributed by atoms with Gasteiger partial charge >= 0.3 is 0 Å². The summed E-state index contributed by atoms with van der Waals surface area (Å²) in [5.74, 6) is 0.795. The quantitative estimate of drug-likeness (QED) is 0.906. The molecule has 1 aliphatic carbocycles. The zero-order valence-electron chi connectivity index (χ0n) is 11.6. The van der Waals surface area contributed by atoms with Crippen molar-refractivity contribution < 1.29 is 0 Å². The highest BCUT2D eigenvalue weighted by atomic mass is 15.3. The Kier molecular flexibility index (Phi) is 2.22. The summed E-state index contributed by atoms with van der Waals surface area (Å²) in [4.78, 5) is 2.56. The van der Waals surface area contributed by atoms with Gasteiger partial charge in [0, 0.05) is 37.6 Å². The fourth-order valence-corrected chi connectivity index (χ4v) is 3.92. The van der Waals surface area contributed by atoms with Gasteiger partial charge in [-0.2, -0.15) is 5.10 Å². The second-order valence-electron chi connectivity index (χ2n) is 6.64. The van der Waals surface area contributed by atoms with Crippen LogP contribution in [0.2, 0.25) is 0 Å². The number of piperazine rings is 1.